The molecule has 0 bridgehead atoms. The smallest absolute Gasteiger partial charge is 0.230 e. The molecule has 0 saturated carbocycles. The molecule has 1 aliphatic rings. The lowest BCUT2D eigenvalue weighted by atomic mass is 10.1. The lowest BCUT2D eigenvalue weighted by Gasteiger charge is -2.23. The Morgan fingerprint density at radius 3 is 3.10 bits per heavy atom. The summed E-state index contributed by atoms with van der Waals surface area (Å²) in [4.78, 5) is 11.0. The fourth-order valence-corrected chi connectivity index (χ4v) is 2.44. The van der Waals surface area contributed by atoms with E-state index in [1.165, 1.54) is 12.1 Å². The second-order valence-electron chi connectivity index (χ2n) is 4.79. The van der Waals surface area contributed by atoms with Gasteiger partial charge in [-0.2, -0.15) is 0 Å². The standard InChI is InChI=1S/C15H17FN4/c1-2-20(13-5-3-4-12(16)8-13)15-18-10-11-9-17-7-6-14(11)19-15/h3-5,8,10,17H,2,6-7,9H2,1H3. The topological polar surface area (TPSA) is 41.1 Å². The Kier molecular flexibility index (Phi) is 3.60. The van der Waals surface area contributed by atoms with Gasteiger partial charge in [0, 0.05) is 43.5 Å². The average Bonchev–Trinajstić information content (AvgIpc) is 2.48. The second-order valence-corrected chi connectivity index (χ2v) is 4.79. The van der Waals surface area contributed by atoms with E-state index in [4.69, 9.17) is 0 Å². The number of nitrogens with zero attached hydrogens (tertiary/aromatic N) is 3. The molecule has 0 atom stereocenters. The molecule has 0 amide bonds. The number of anilines is 2. The van der Waals surface area contributed by atoms with E-state index in [-0.39, 0.29) is 5.82 Å². The summed E-state index contributed by atoms with van der Waals surface area (Å²) in [6.45, 7) is 4.47. The molecule has 2 aromatic rings. The number of nitrogens with one attached hydrogen (secondary N) is 1. The molecule has 20 heavy (non-hydrogen) atoms. The maximum absolute atomic E-state index is 13.4. The van der Waals surface area contributed by atoms with Gasteiger partial charge in [0.05, 0.1) is 5.69 Å². The first kappa shape index (κ1) is 13.0. The van der Waals surface area contributed by atoms with Crippen molar-refractivity contribution in [2.45, 2.75) is 19.9 Å². The highest BCUT2D eigenvalue weighted by Crippen LogP contribution is 2.23. The van der Waals surface area contributed by atoms with E-state index in [1.807, 2.05) is 24.1 Å². The Balaban J connectivity index is 1.97. The van der Waals surface area contributed by atoms with Crippen LogP contribution in [0, 0.1) is 5.82 Å². The molecule has 1 N–H and O–H groups in total. The number of halogens is 1. The zero-order valence-corrected chi connectivity index (χ0v) is 11.4. The van der Waals surface area contributed by atoms with E-state index in [1.54, 1.807) is 6.07 Å². The van der Waals surface area contributed by atoms with Gasteiger partial charge in [-0.05, 0) is 25.1 Å². The minimum Gasteiger partial charge on any atom is -0.312 e. The molecule has 1 aromatic heterocycles. The SMILES string of the molecule is CCN(c1cccc(F)c1)c1ncc2c(n1)CCNC2. The van der Waals surface area contributed by atoms with Crippen LogP contribution in [0.1, 0.15) is 18.2 Å². The fourth-order valence-electron chi connectivity index (χ4n) is 2.44. The van der Waals surface area contributed by atoms with E-state index in [0.29, 0.717) is 12.5 Å². The molecule has 1 aromatic carbocycles. The van der Waals surface area contributed by atoms with Crippen molar-refractivity contribution >= 4 is 11.6 Å². The van der Waals surface area contributed by atoms with E-state index in [0.717, 1.165) is 36.5 Å². The van der Waals surface area contributed by atoms with Crippen LogP contribution in [0.5, 0.6) is 0 Å². The van der Waals surface area contributed by atoms with Crippen LogP contribution in [0.25, 0.3) is 0 Å². The molecule has 0 aliphatic carbocycles. The number of rotatable bonds is 3. The quantitative estimate of drug-likeness (QED) is 0.931. The first-order valence-electron chi connectivity index (χ1n) is 6.86. The Hall–Kier alpha value is -2.01. The van der Waals surface area contributed by atoms with Gasteiger partial charge in [-0.3, -0.25) is 0 Å². The van der Waals surface area contributed by atoms with Crippen molar-refractivity contribution in [3.05, 3.63) is 47.5 Å². The lowest BCUT2D eigenvalue weighted by Crippen LogP contribution is -2.27. The van der Waals surface area contributed by atoms with E-state index < -0.39 is 0 Å². The maximum atomic E-state index is 13.4. The molecular weight excluding hydrogens is 255 g/mol. The highest BCUT2D eigenvalue weighted by atomic mass is 19.1. The summed E-state index contributed by atoms with van der Waals surface area (Å²) in [6.07, 6.45) is 2.78. The molecular formula is C15H17FN4. The number of aromatic nitrogens is 2. The van der Waals surface area contributed by atoms with Crippen molar-refractivity contribution in [1.82, 2.24) is 15.3 Å². The molecule has 0 unspecified atom stereocenters. The number of fused-ring (bicyclic) bond motifs is 1. The molecule has 0 fully saturated rings. The van der Waals surface area contributed by atoms with E-state index in [2.05, 4.69) is 15.3 Å². The van der Waals surface area contributed by atoms with Gasteiger partial charge in [0.2, 0.25) is 5.95 Å². The average molecular weight is 272 g/mol. The lowest BCUT2D eigenvalue weighted by molar-refractivity contribution is 0.623. The molecule has 104 valence electrons. The predicted molar refractivity (Wildman–Crippen MR) is 76.5 cm³/mol. The minimum absolute atomic E-state index is 0.247. The van der Waals surface area contributed by atoms with Gasteiger partial charge in [-0.1, -0.05) is 6.07 Å². The third-order valence-corrected chi connectivity index (χ3v) is 3.47. The highest BCUT2D eigenvalue weighted by molar-refractivity contribution is 5.57. The second kappa shape index (κ2) is 5.54. The van der Waals surface area contributed by atoms with Gasteiger partial charge >= 0.3 is 0 Å². The minimum atomic E-state index is -0.247. The van der Waals surface area contributed by atoms with Crippen molar-refractivity contribution in [2.75, 3.05) is 18.0 Å². The summed E-state index contributed by atoms with van der Waals surface area (Å²) < 4.78 is 13.4. The van der Waals surface area contributed by atoms with Crippen molar-refractivity contribution in [2.24, 2.45) is 0 Å². The Morgan fingerprint density at radius 2 is 2.30 bits per heavy atom. The van der Waals surface area contributed by atoms with Crippen LogP contribution in [0.4, 0.5) is 16.0 Å². The normalized spacial score (nSPS) is 13.9. The molecule has 0 saturated heterocycles. The molecule has 1 aliphatic heterocycles. The van der Waals surface area contributed by atoms with Gasteiger partial charge in [0.1, 0.15) is 5.82 Å². The largest absolute Gasteiger partial charge is 0.312 e. The maximum Gasteiger partial charge on any atom is 0.230 e. The van der Waals surface area contributed by atoms with Crippen molar-refractivity contribution in [3.8, 4) is 0 Å². The number of benzene rings is 1. The van der Waals surface area contributed by atoms with Crippen LogP contribution in [-0.4, -0.2) is 23.1 Å². The summed E-state index contributed by atoms with van der Waals surface area (Å²) >= 11 is 0. The Labute approximate surface area is 117 Å². The fraction of sp³-hybridized carbons (Fsp3) is 0.333. The Bertz CT molecular complexity index is 615. The van der Waals surface area contributed by atoms with Crippen LogP contribution in [0.2, 0.25) is 0 Å². The highest BCUT2D eigenvalue weighted by Gasteiger charge is 2.16. The zero-order chi connectivity index (χ0) is 13.9. The third-order valence-electron chi connectivity index (χ3n) is 3.47. The van der Waals surface area contributed by atoms with Crippen molar-refractivity contribution < 1.29 is 4.39 Å². The number of hydrogen-bond donors (Lipinski definition) is 1. The number of hydrogen-bond acceptors (Lipinski definition) is 4. The van der Waals surface area contributed by atoms with Gasteiger partial charge < -0.3 is 10.2 Å². The first-order chi connectivity index (χ1) is 9.78. The summed E-state index contributed by atoms with van der Waals surface area (Å²) in [6, 6.07) is 6.52. The predicted octanol–water partition coefficient (Wildman–Crippen LogP) is 2.42. The van der Waals surface area contributed by atoms with Crippen molar-refractivity contribution in [1.29, 1.82) is 0 Å². The molecule has 3 rings (SSSR count). The molecule has 2 heterocycles. The van der Waals surface area contributed by atoms with E-state index in [9.17, 15) is 4.39 Å². The van der Waals surface area contributed by atoms with Crippen molar-refractivity contribution in [3.63, 3.8) is 0 Å². The summed E-state index contributed by atoms with van der Waals surface area (Å²) in [5.74, 6) is 0.391. The van der Waals surface area contributed by atoms with Crippen LogP contribution >= 0.6 is 0 Å². The summed E-state index contributed by atoms with van der Waals surface area (Å²) in [5.41, 5.74) is 3.01. The monoisotopic (exact) mass is 272 g/mol. The molecule has 0 spiro atoms. The molecule has 4 nitrogen and oxygen atoms in total. The van der Waals surface area contributed by atoms with Gasteiger partial charge in [0.15, 0.2) is 0 Å². The van der Waals surface area contributed by atoms with E-state index >= 15 is 0 Å². The van der Waals surface area contributed by atoms with Crippen LogP contribution < -0.4 is 10.2 Å². The van der Waals surface area contributed by atoms with Crippen LogP contribution in [-0.2, 0) is 13.0 Å². The summed E-state index contributed by atoms with van der Waals surface area (Å²) in [7, 11) is 0. The summed E-state index contributed by atoms with van der Waals surface area (Å²) in [5, 5.41) is 3.30. The third kappa shape index (κ3) is 2.49. The van der Waals surface area contributed by atoms with Crippen LogP contribution in [0.15, 0.2) is 30.5 Å². The van der Waals surface area contributed by atoms with Crippen LogP contribution in [0.3, 0.4) is 0 Å². The van der Waals surface area contributed by atoms with Gasteiger partial charge in [-0.15, -0.1) is 0 Å². The molecule has 5 heteroatoms. The zero-order valence-electron chi connectivity index (χ0n) is 11.4. The van der Waals surface area contributed by atoms with Gasteiger partial charge in [0.25, 0.3) is 0 Å². The first-order valence-corrected chi connectivity index (χ1v) is 6.86. The Morgan fingerprint density at radius 1 is 1.40 bits per heavy atom. The van der Waals surface area contributed by atoms with Gasteiger partial charge in [-0.25, -0.2) is 14.4 Å². The molecule has 0 radical (unpaired) electrons.